The van der Waals surface area contributed by atoms with Crippen molar-refractivity contribution < 1.29 is 9.53 Å². The van der Waals surface area contributed by atoms with Crippen molar-refractivity contribution in [3.8, 4) is 11.8 Å². The van der Waals surface area contributed by atoms with Gasteiger partial charge in [-0.2, -0.15) is 5.26 Å². The summed E-state index contributed by atoms with van der Waals surface area (Å²) in [5.41, 5.74) is 3.37. The van der Waals surface area contributed by atoms with E-state index in [9.17, 15) is 10.1 Å². The van der Waals surface area contributed by atoms with Gasteiger partial charge in [0.2, 0.25) is 0 Å². The molecule has 3 aromatic rings. The Morgan fingerprint density at radius 2 is 1.96 bits per heavy atom. The average Bonchev–Trinajstić information content (AvgIpc) is 2.59. The number of carbonyl (C=O) groups is 1. The number of nitriles is 1. The molecule has 0 radical (unpaired) electrons. The average molecular weight is 316 g/mol. The lowest BCUT2D eigenvalue weighted by Gasteiger charge is -2.11. The smallest absolute Gasteiger partial charge is 0.183 e. The van der Waals surface area contributed by atoms with Gasteiger partial charge in [0.1, 0.15) is 12.7 Å². The number of hydrogen-bond donors (Lipinski definition) is 0. The number of aryl methyl sites for hydroxylation is 1. The zero-order chi connectivity index (χ0) is 17.1. The molecule has 118 valence electrons. The highest BCUT2D eigenvalue weighted by atomic mass is 16.5. The maximum absolute atomic E-state index is 11.9. The fourth-order valence-electron chi connectivity index (χ4n) is 2.61. The molecule has 0 bridgehead atoms. The molecule has 0 aliphatic rings. The fraction of sp³-hybridized carbons (Fsp3) is 0.150. The van der Waals surface area contributed by atoms with Gasteiger partial charge in [-0.05, 0) is 43.2 Å². The minimum atomic E-state index is -0.0378. The van der Waals surface area contributed by atoms with E-state index >= 15 is 0 Å². The molecule has 2 aromatic carbocycles. The molecule has 4 nitrogen and oxygen atoms in total. The van der Waals surface area contributed by atoms with Gasteiger partial charge >= 0.3 is 0 Å². The molecule has 0 amide bonds. The van der Waals surface area contributed by atoms with E-state index < -0.39 is 0 Å². The van der Waals surface area contributed by atoms with Gasteiger partial charge in [-0.3, -0.25) is 4.79 Å². The first-order chi connectivity index (χ1) is 11.6. The Bertz CT molecular complexity index is 957. The van der Waals surface area contributed by atoms with Gasteiger partial charge in [-0.1, -0.05) is 30.3 Å². The van der Waals surface area contributed by atoms with Crippen molar-refractivity contribution in [3.05, 3.63) is 70.9 Å². The van der Waals surface area contributed by atoms with Crippen LogP contribution in [0.15, 0.2) is 48.5 Å². The number of hydrogen-bond acceptors (Lipinski definition) is 4. The minimum absolute atomic E-state index is 0.0378. The van der Waals surface area contributed by atoms with Crippen LogP contribution in [0.2, 0.25) is 0 Å². The summed E-state index contributed by atoms with van der Waals surface area (Å²) in [7, 11) is 0. The summed E-state index contributed by atoms with van der Waals surface area (Å²) in [5, 5.41) is 10.1. The van der Waals surface area contributed by atoms with Crippen LogP contribution in [-0.4, -0.2) is 10.8 Å². The number of ether oxygens (including phenoxy) is 1. The summed E-state index contributed by atoms with van der Waals surface area (Å²) in [4.78, 5) is 16.3. The molecule has 0 spiro atoms. The maximum atomic E-state index is 11.9. The molecule has 1 aromatic heterocycles. The standard InChI is InChI=1S/C20H16N2O2/c1-13-8-16(14(2)23)17-10-20(19(11-21)22-18(17)9-13)24-12-15-6-4-3-5-7-15/h3-10H,12H2,1-2H3. The van der Waals surface area contributed by atoms with Crippen LogP contribution in [0, 0.1) is 18.3 Å². The topological polar surface area (TPSA) is 63.0 Å². The number of nitrogens with zero attached hydrogens (tertiary/aromatic N) is 2. The Kier molecular flexibility index (Phi) is 4.26. The summed E-state index contributed by atoms with van der Waals surface area (Å²) in [6.45, 7) is 3.76. The van der Waals surface area contributed by atoms with Crippen molar-refractivity contribution >= 4 is 16.7 Å². The largest absolute Gasteiger partial charge is 0.486 e. The Hall–Kier alpha value is -3.19. The molecule has 0 N–H and O–H groups in total. The van der Waals surface area contributed by atoms with E-state index in [1.807, 2.05) is 49.4 Å². The van der Waals surface area contributed by atoms with Crippen LogP contribution in [0.5, 0.6) is 5.75 Å². The number of aromatic nitrogens is 1. The summed E-state index contributed by atoms with van der Waals surface area (Å²) >= 11 is 0. The number of benzene rings is 2. The van der Waals surface area contributed by atoms with Crippen LogP contribution < -0.4 is 4.74 Å². The van der Waals surface area contributed by atoms with Crippen molar-refractivity contribution in [2.45, 2.75) is 20.5 Å². The fourth-order valence-corrected chi connectivity index (χ4v) is 2.61. The lowest BCUT2D eigenvalue weighted by atomic mass is 10.0. The van der Waals surface area contributed by atoms with E-state index in [0.717, 1.165) is 11.1 Å². The third-order valence-electron chi connectivity index (χ3n) is 3.77. The predicted molar refractivity (Wildman–Crippen MR) is 92.0 cm³/mol. The molecule has 0 aliphatic carbocycles. The molecule has 3 rings (SSSR count). The number of pyridine rings is 1. The van der Waals surface area contributed by atoms with Crippen molar-refractivity contribution in [3.63, 3.8) is 0 Å². The Labute approximate surface area is 140 Å². The lowest BCUT2D eigenvalue weighted by Crippen LogP contribution is -2.02. The van der Waals surface area contributed by atoms with E-state index in [1.165, 1.54) is 6.92 Å². The molecule has 4 heteroatoms. The molecule has 0 saturated carbocycles. The quantitative estimate of drug-likeness (QED) is 0.677. The molecule has 1 heterocycles. The molecule has 0 aliphatic heterocycles. The van der Waals surface area contributed by atoms with Crippen molar-refractivity contribution in [2.75, 3.05) is 0 Å². The van der Waals surface area contributed by atoms with Crippen LogP contribution >= 0.6 is 0 Å². The highest BCUT2D eigenvalue weighted by Gasteiger charge is 2.13. The normalized spacial score (nSPS) is 10.4. The first kappa shape index (κ1) is 15.7. The van der Waals surface area contributed by atoms with Crippen molar-refractivity contribution in [1.82, 2.24) is 4.98 Å². The van der Waals surface area contributed by atoms with Gasteiger partial charge < -0.3 is 4.74 Å². The SMILES string of the molecule is CC(=O)c1cc(C)cc2nc(C#N)c(OCc3ccccc3)cc12. The first-order valence-corrected chi connectivity index (χ1v) is 7.61. The Balaban J connectivity index is 2.07. The zero-order valence-corrected chi connectivity index (χ0v) is 13.5. The molecular weight excluding hydrogens is 300 g/mol. The number of fused-ring (bicyclic) bond motifs is 1. The summed E-state index contributed by atoms with van der Waals surface area (Å²) in [6, 6.07) is 17.2. The summed E-state index contributed by atoms with van der Waals surface area (Å²) < 4.78 is 5.79. The highest BCUT2D eigenvalue weighted by Crippen LogP contribution is 2.27. The van der Waals surface area contributed by atoms with Crippen LogP contribution in [0.1, 0.15) is 34.1 Å². The van der Waals surface area contributed by atoms with Crippen LogP contribution in [0.3, 0.4) is 0 Å². The maximum Gasteiger partial charge on any atom is 0.183 e. The number of rotatable bonds is 4. The molecule has 24 heavy (non-hydrogen) atoms. The van der Waals surface area contributed by atoms with E-state index in [2.05, 4.69) is 11.1 Å². The van der Waals surface area contributed by atoms with E-state index in [0.29, 0.717) is 28.8 Å². The number of Topliss-reactive ketones (excluding diaryl/α,β-unsaturated/α-hetero) is 1. The minimum Gasteiger partial charge on any atom is -0.486 e. The Morgan fingerprint density at radius 3 is 2.62 bits per heavy atom. The van der Waals surface area contributed by atoms with Crippen LogP contribution in [-0.2, 0) is 6.61 Å². The summed E-state index contributed by atoms with van der Waals surface area (Å²) in [6.07, 6.45) is 0. The van der Waals surface area contributed by atoms with Crippen molar-refractivity contribution in [1.29, 1.82) is 5.26 Å². The molecule has 0 fully saturated rings. The lowest BCUT2D eigenvalue weighted by molar-refractivity contribution is 0.101. The molecular formula is C20H16N2O2. The Morgan fingerprint density at radius 1 is 1.21 bits per heavy atom. The third-order valence-corrected chi connectivity index (χ3v) is 3.77. The highest BCUT2D eigenvalue weighted by molar-refractivity contribution is 6.06. The first-order valence-electron chi connectivity index (χ1n) is 7.61. The summed E-state index contributed by atoms with van der Waals surface area (Å²) in [5.74, 6) is 0.351. The van der Waals surface area contributed by atoms with E-state index in [1.54, 1.807) is 6.07 Å². The predicted octanol–water partition coefficient (Wildman–Crippen LogP) is 4.20. The van der Waals surface area contributed by atoms with Gasteiger partial charge in [0.05, 0.1) is 5.52 Å². The zero-order valence-electron chi connectivity index (χ0n) is 13.5. The van der Waals surface area contributed by atoms with Gasteiger partial charge in [-0.25, -0.2) is 4.98 Å². The van der Waals surface area contributed by atoms with Gasteiger partial charge in [0, 0.05) is 10.9 Å². The third kappa shape index (κ3) is 3.11. The molecule has 0 atom stereocenters. The van der Waals surface area contributed by atoms with Crippen LogP contribution in [0.4, 0.5) is 0 Å². The monoisotopic (exact) mass is 316 g/mol. The van der Waals surface area contributed by atoms with Gasteiger partial charge in [-0.15, -0.1) is 0 Å². The second kappa shape index (κ2) is 6.51. The molecule has 0 unspecified atom stereocenters. The second-order valence-corrected chi connectivity index (χ2v) is 5.66. The van der Waals surface area contributed by atoms with E-state index in [-0.39, 0.29) is 11.5 Å². The number of carbonyl (C=O) groups excluding carboxylic acids is 1. The molecule has 0 saturated heterocycles. The number of ketones is 1. The van der Waals surface area contributed by atoms with Crippen molar-refractivity contribution in [2.24, 2.45) is 0 Å². The van der Waals surface area contributed by atoms with Crippen LogP contribution in [0.25, 0.3) is 10.9 Å². The second-order valence-electron chi connectivity index (χ2n) is 5.66. The van der Waals surface area contributed by atoms with E-state index in [4.69, 9.17) is 4.74 Å². The van der Waals surface area contributed by atoms with Gasteiger partial charge in [0.25, 0.3) is 0 Å². The van der Waals surface area contributed by atoms with Gasteiger partial charge in [0.15, 0.2) is 17.2 Å².